The molecule has 0 aliphatic carbocycles. The van der Waals surface area contributed by atoms with E-state index in [-0.39, 0.29) is 6.61 Å². The molecule has 1 heterocycles. The molecule has 35 heavy (non-hydrogen) atoms. The van der Waals surface area contributed by atoms with E-state index in [9.17, 15) is 9.90 Å². The Balaban J connectivity index is 1.57. The highest BCUT2D eigenvalue weighted by molar-refractivity contribution is 5.89. The van der Waals surface area contributed by atoms with Crippen molar-refractivity contribution in [3.8, 4) is 0 Å². The van der Waals surface area contributed by atoms with E-state index in [1.54, 1.807) is 24.3 Å². The Hall–Kier alpha value is -3.07. The van der Waals surface area contributed by atoms with E-state index in [0.717, 1.165) is 11.1 Å². The van der Waals surface area contributed by atoms with Crippen LogP contribution >= 0.6 is 0 Å². The monoisotopic (exact) mass is 478 g/mol. The Bertz CT molecular complexity index is 1060. The summed E-state index contributed by atoms with van der Waals surface area (Å²) in [5.41, 5.74) is 3.05. The van der Waals surface area contributed by atoms with Crippen LogP contribution in [0.3, 0.4) is 0 Å². The van der Waals surface area contributed by atoms with Crippen LogP contribution in [-0.2, 0) is 36.9 Å². The van der Waals surface area contributed by atoms with Gasteiger partial charge in [-0.05, 0) is 28.8 Å². The van der Waals surface area contributed by atoms with Gasteiger partial charge >= 0.3 is 5.97 Å². The van der Waals surface area contributed by atoms with Crippen LogP contribution in [0.4, 0.5) is 0 Å². The molecule has 0 saturated carbocycles. The summed E-state index contributed by atoms with van der Waals surface area (Å²) in [6.45, 7) is 0.601. The summed E-state index contributed by atoms with van der Waals surface area (Å²) in [7, 11) is 2.87. The lowest BCUT2D eigenvalue weighted by molar-refractivity contribution is -0.312. The number of hydrogen-bond donors (Lipinski definition) is 1. The summed E-state index contributed by atoms with van der Waals surface area (Å²) in [5, 5.41) is 11.4. The smallest absolute Gasteiger partial charge is 0.337 e. The number of ether oxygens (including phenoxy) is 5. The van der Waals surface area contributed by atoms with Gasteiger partial charge in [-0.2, -0.15) is 0 Å². The van der Waals surface area contributed by atoms with E-state index in [1.165, 1.54) is 14.2 Å². The predicted molar refractivity (Wildman–Crippen MR) is 128 cm³/mol. The van der Waals surface area contributed by atoms with Gasteiger partial charge in [0.05, 0.1) is 25.9 Å². The Morgan fingerprint density at radius 1 is 0.800 bits per heavy atom. The third-order valence-electron chi connectivity index (χ3n) is 5.98. The predicted octanol–water partition coefficient (Wildman–Crippen LogP) is 4.05. The number of benzene rings is 3. The van der Waals surface area contributed by atoms with Gasteiger partial charge in [-0.25, -0.2) is 4.79 Å². The number of rotatable bonds is 9. The van der Waals surface area contributed by atoms with Crippen molar-refractivity contribution in [2.24, 2.45) is 0 Å². The minimum atomic E-state index is -1.05. The Morgan fingerprint density at radius 2 is 1.34 bits per heavy atom. The lowest BCUT2D eigenvalue weighted by Crippen LogP contribution is -2.56. The van der Waals surface area contributed by atoms with Crippen LogP contribution in [0.25, 0.3) is 0 Å². The third-order valence-corrected chi connectivity index (χ3v) is 5.98. The molecule has 0 bridgehead atoms. The number of hydrogen-bond acceptors (Lipinski definition) is 7. The third kappa shape index (κ3) is 6.14. The van der Waals surface area contributed by atoms with Crippen molar-refractivity contribution in [1.82, 2.24) is 0 Å². The molecule has 1 N–H and O–H groups in total. The fourth-order valence-electron chi connectivity index (χ4n) is 4.12. The molecular formula is C28H30O7. The summed E-state index contributed by atoms with van der Waals surface area (Å²) >= 11 is 0. The molecule has 0 aromatic heterocycles. The van der Waals surface area contributed by atoms with E-state index >= 15 is 0 Å². The van der Waals surface area contributed by atoms with Crippen molar-refractivity contribution < 1.29 is 33.6 Å². The van der Waals surface area contributed by atoms with Crippen LogP contribution in [-0.4, -0.2) is 49.9 Å². The van der Waals surface area contributed by atoms with Gasteiger partial charge in [-0.3, -0.25) is 0 Å². The average Bonchev–Trinajstić information content (AvgIpc) is 2.92. The molecule has 3 aromatic rings. The van der Waals surface area contributed by atoms with E-state index < -0.39 is 36.7 Å². The standard InChI is InChI=1S/C28H30O7/c1-31-27(30)22-15-13-21(14-16-22)24-23(29)25(33-17-19-9-5-3-6-10-19)26(28(32-2)35-24)34-18-20-11-7-4-8-12-20/h3-16,23-26,28-29H,17-18H2,1-2H3/t23-,24-,25+,26+,28+/m1/s1. The molecule has 0 radical (unpaired) electrons. The largest absolute Gasteiger partial charge is 0.465 e. The zero-order valence-electron chi connectivity index (χ0n) is 19.8. The maximum absolute atomic E-state index is 11.8. The number of carbonyl (C=O) groups is 1. The van der Waals surface area contributed by atoms with E-state index in [0.29, 0.717) is 17.7 Å². The molecule has 1 saturated heterocycles. The summed E-state index contributed by atoms with van der Waals surface area (Å²) in [6.07, 6.45) is -3.99. The van der Waals surface area contributed by atoms with Gasteiger partial charge in [-0.15, -0.1) is 0 Å². The van der Waals surface area contributed by atoms with Crippen molar-refractivity contribution in [2.75, 3.05) is 14.2 Å². The molecular weight excluding hydrogens is 448 g/mol. The first kappa shape index (κ1) is 25.0. The highest BCUT2D eigenvalue weighted by atomic mass is 16.7. The average molecular weight is 479 g/mol. The SMILES string of the molecule is COC(=O)c1ccc([C@H]2O[C@H](OC)[C@@H](OCc3ccccc3)[C@@H](OCc3ccccc3)[C@@H]2O)cc1. The molecule has 1 aliphatic heterocycles. The van der Waals surface area contributed by atoms with Gasteiger partial charge in [-0.1, -0.05) is 72.8 Å². The molecule has 0 spiro atoms. The zero-order valence-corrected chi connectivity index (χ0v) is 19.8. The molecule has 0 amide bonds. The van der Waals surface area contributed by atoms with Crippen LogP contribution < -0.4 is 0 Å². The van der Waals surface area contributed by atoms with Gasteiger partial charge in [0, 0.05) is 7.11 Å². The minimum absolute atomic E-state index is 0.290. The first-order valence-corrected chi connectivity index (χ1v) is 11.5. The van der Waals surface area contributed by atoms with Crippen molar-refractivity contribution >= 4 is 5.97 Å². The summed E-state index contributed by atoms with van der Waals surface area (Å²) in [6, 6.07) is 26.2. The van der Waals surface area contributed by atoms with Crippen LogP contribution in [0.5, 0.6) is 0 Å². The molecule has 5 atom stereocenters. The molecule has 7 heteroatoms. The highest BCUT2D eigenvalue weighted by Crippen LogP contribution is 2.36. The normalized spacial score (nSPS) is 24.1. The molecule has 7 nitrogen and oxygen atoms in total. The van der Waals surface area contributed by atoms with Crippen LogP contribution in [0.2, 0.25) is 0 Å². The fourth-order valence-corrected chi connectivity index (χ4v) is 4.12. The van der Waals surface area contributed by atoms with Crippen molar-refractivity contribution in [1.29, 1.82) is 0 Å². The van der Waals surface area contributed by atoms with Crippen LogP contribution in [0.1, 0.15) is 33.2 Å². The Morgan fingerprint density at radius 3 is 1.86 bits per heavy atom. The number of methoxy groups -OCH3 is 2. The lowest BCUT2D eigenvalue weighted by Gasteiger charge is -2.44. The quantitative estimate of drug-likeness (QED) is 0.465. The summed E-state index contributed by atoms with van der Waals surface area (Å²) in [5.74, 6) is -0.435. The second kappa shape index (κ2) is 12.1. The van der Waals surface area contributed by atoms with Crippen molar-refractivity contribution in [2.45, 2.75) is 43.9 Å². The Kier molecular flexibility index (Phi) is 8.63. The van der Waals surface area contributed by atoms with E-state index in [1.807, 2.05) is 60.7 Å². The van der Waals surface area contributed by atoms with Gasteiger partial charge in [0.1, 0.15) is 24.4 Å². The van der Waals surface area contributed by atoms with E-state index in [4.69, 9.17) is 23.7 Å². The molecule has 1 fully saturated rings. The maximum Gasteiger partial charge on any atom is 0.337 e. The fraction of sp³-hybridized carbons (Fsp3) is 0.321. The molecule has 1 aliphatic rings. The molecule has 184 valence electrons. The number of esters is 1. The van der Waals surface area contributed by atoms with E-state index in [2.05, 4.69) is 0 Å². The van der Waals surface area contributed by atoms with Gasteiger partial charge in [0.2, 0.25) is 0 Å². The zero-order chi connectivity index (χ0) is 24.6. The van der Waals surface area contributed by atoms with Crippen molar-refractivity contribution in [3.63, 3.8) is 0 Å². The first-order valence-electron chi connectivity index (χ1n) is 11.5. The molecule has 4 rings (SSSR count). The summed E-state index contributed by atoms with van der Waals surface area (Å²) in [4.78, 5) is 11.8. The van der Waals surface area contributed by atoms with Gasteiger partial charge in [0.25, 0.3) is 0 Å². The first-order chi connectivity index (χ1) is 17.1. The minimum Gasteiger partial charge on any atom is -0.465 e. The van der Waals surface area contributed by atoms with Gasteiger partial charge < -0.3 is 28.8 Å². The number of carbonyl (C=O) groups excluding carboxylic acids is 1. The molecule has 0 unspecified atom stereocenters. The number of aliphatic hydroxyl groups is 1. The van der Waals surface area contributed by atoms with Crippen LogP contribution in [0, 0.1) is 0 Å². The van der Waals surface area contributed by atoms with Crippen molar-refractivity contribution in [3.05, 3.63) is 107 Å². The topological polar surface area (TPSA) is 83.5 Å². The second-order valence-electron chi connectivity index (χ2n) is 8.29. The van der Waals surface area contributed by atoms with Gasteiger partial charge in [0.15, 0.2) is 6.29 Å². The summed E-state index contributed by atoms with van der Waals surface area (Å²) < 4.78 is 29.0. The number of aliphatic hydroxyl groups excluding tert-OH is 1. The lowest BCUT2D eigenvalue weighted by atomic mass is 9.93. The highest BCUT2D eigenvalue weighted by Gasteiger charge is 2.47. The van der Waals surface area contributed by atoms with Crippen LogP contribution in [0.15, 0.2) is 84.9 Å². The molecule has 3 aromatic carbocycles. The Labute approximate surface area is 205 Å². The maximum atomic E-state index is 11.8. The second-order valence-corrected chi connectivity index (χ2v) is 8.29.